The molecule has 0 amide bonds. The summed E-state index contributed by atoms with van der Waals surface area (Å²) in [7, 11) is -1.84. The van der Waals surface area contributed by atoms with Gasteiger partial charge in [0, 0.05) is 11.6 Å². The summed E-state index contributed by atoms with van der Waals surface area (Å²) >= 11 is 0. The van der Waals surface area contributed by atoms with Crippen LogP contribution in [-0.2, 0) is 10.1 Å². The van der Waals surface area contributed by atoms with Gasteiger partial charge in [0.15, 0.2) is 17.3 Å². The van der Waals surface area contributed by atoms with E-state index < -0.39 is 26.5 Å². The van der Waals surface area contributed by atoms with Gasteiger partial charge in [-0.05, 0) is 61.2 Å². The normalized spacial score (nSPS) is 11.0. The van der Waals surface area contributed by atoms with E-state index in [1.54, 1.807) is 31.4 Å². The lowest BCUT2D eigenvalue weighted by Gasteiger charge is -2.33. The maximum absolute atomic E-state index is 12.3. The fraction of sp³-hybridized carbons (Fsp3) is 0.316. The SMILES string of the molecule is CCCCCC(CC)(CC)Oc1ccccc1O.COc1cc(O)c(C(=O)c2ccccc2)cc1S(=O)(=O)O.COc1nnnc2ccccc12. The number of benzene rings is 4. The molecule has 272 valence electrons. The molecule has 1 aromatic heterocycles. The summed E-state index contributed by atoms with van der Waals surface area (Å²) in [5.74, 6) is 0.103. The first-order valence-electron chi connectivity index (χ1n) is 16.5. The highest BCUT2D eigenvalue weighted by molar-refractivity contribution is 7.86. The first kappa shape index (κ1) is 40.2. The highest BCUT2D eigenvalue weighted by atomic mass is 32.2. The number of hydrogen-bond acceptors (Lipinski definition) is 11. The van der Waals surface area contributed by atoms with E-state index in [4.69, 9.17) is 18.8 Å². The molecule has 12 nitrogen and oxygen atoms in total. The minimum atomic E-state index is -4.59. The maximum Gasteiger partial charge on any atom is 0.298 e. The molecule has 0 radical (unpaired) electrons. The number of fused-ring (bicyclic) bond motifs is 1. The number of unbranched alkanes of at least 4 members (excludes halogenated alkanes) is 2. The molecule has 0 aliphatic carbocycles. The van der Waals surface area contributed by atoms with E-state index in [0.717, 1.165) is 42.3 Å². The standard InChI is InChI=1S/C16H26O2.C14H12O6S.C8H7N3O/c1-4-7-10-13-16(5-2,6-3)18-15-12-9-8-11-14(15)17;1-20-12-8-11(15)10(7-13(12)21(17,18)19)14(16)9-5-3-2-4-6-9;1-12-8-6-4-2-3-5-7(6)9-11-10-8/h8-9,11-12,17H,4-7,10,13H2,1-3H3;2-8,15H,1H3,(H,17,18,19);2-5H,1H3. The van der Waals surface area contributed by atoms with E-state index >= 15 is 0 Å². The molecule has 0 atom stereocenters. The Hall–Kier alpha value is -5.27. The molecule has 0 aliphatic heterocycles. The van der Waals surface area contributed by atoms with E-state index in [9.17, 15) is 23.4 Å². The zero-order valence-electron chi connectivity index (χ0n) is 29.4. The van der Waals surface area contributed by atoms with Crippen LogP contribution in [0.5, 0.6) is 28.9 Å². The van der Waals surface area contributed by atoms with E-state index in [1.807, 2.05) is 42.5 Å². The molecule has 0 saturated carbocycles. The first-order valence-corrected chi connectivity index (χ1v) is 17.9. The van der Waals surface area contributed by atoms with Crippen LogP contribution in [0.2, 0.25) is 0 Å². The van der Waals surface area contributed by atoms with Crippen molar-refractivity contribution in [2.75, 3.05) is 14.2 Å². The Labute approximate surface area is 298 Å². The van der Waals surface area contributed by atoms with Crippen LogP contribution < -0.4 is 14.2 Å². The second-order valence-electron chi connectivity index (χ2n) is 11.4. The van der Waals surface area contributed by atoms with E-state index in [2.05, 4.69) is 36.2 Å². The Morgan fingerprint density at radius 2 is 1.41 bits per heavy atom. The third kappa shape index (κ3) is 11.1. The number of ketones is 1. The van der Waals surface area contributed by atoms with Crippen molar-refractivity contribution >= 4 is 26.8 Å². The van der Waals surface area contributed by atoms with Gasteiger partial charge in [-0.1, -0.05) is 93.3 Å². The van der Waals surface area contributed by atoms with Crippen molar-refractivity contribution in [3.63, 3.8) is 0 Å². The lowest BCUT2D eigenvalue weighted by molar-refractivity contribution is 0.0456. The second-order valence-corrected chi connectivity index (χ2v) is 12.8. The van der Waals surface area contributed by atoms with Gasteiger partial charge in [0.1, 0.15) is 27.5 Å². The summed E-state index contributed by atoms with van der Waals surface area (Å²) in [6.07, 6.45) is 6.66. The number of carbonyl (C=O) groups is 1. The van der Waals surface area contributed by atoms with E-state index in [1.165, 1.54) is 38.5 Å². The number of phenolic OH excluding ortho intramolecular Hbond substituents is 2. The zero-order chi connectivity index (χ0) is 37.4. The van der Waals surface area contributed by atoms with Crippen molar-refractivity contribution in [2.45, 2.75) is 69.8 Å². The third-order valence-electron chi connectivity index (χ3n) is 8.17. The Morgan fingerprint density at radius 3 is 2.02 bits per heavy atom. The molecule has 5 rings (SSSR count). The van der Waals surface area contributed by atoms with Crippen molar-refractivity contribution in [3.8, 4) is 28.9 Å². The summed E-state index contributed by atoms with van der Waals surface area (Å²) in [5, 5.41) is 31.7. The molecule has 0 aliphatic rings. The average Bonchev–Trinajstić information content (AvgIpc) is 3.15. The van der Waals surface area contributed by atoms with Gasteiger partial charge < -0.3 is 24.4 Å². The number of para-hydroxylation sites is 2. The van der Waals surface area contributed by atoms with Gasteiger partial charge >= 0.3 is 0 Å². The van der Waals surface area contributed by atoms with E-state index in [0.29, 0.717) is 11.6 Å². The summed E-state index contributed by atoms with van der Waals surface area (Å²) in [6, 6.07) is 24.7. The van der Waals surface area contributed by atoms with Crippen molar-refractivity contribution in [1.29, 1.82) is 0 Å². The topological polar surface area (TPSA) is 178 Å². The van der Waals surface area contributed by atoms with E-state index in [-0.39, 0.29) is 28.2 Å². The molecule has 0 spiro atoms. The lowest BCUT2D eigenvalue weighted by atomic mass is 9.90. The molecule has 3 N–H and O–H groups in total. The van der Waals surface area contributed by atoms with Crippen LogP contribution in [0.15, 0.2) is 95.9 Å². The highest BCUT2D eigenvalue weighted by Gasteiger charge is 2.28. The number of ether oxygens (including phenoxy) is 3. The van der Waals surface area contributed by atoms with Gasteiger partial charge in [0.25, 0.3) is 10.1 Å². The number of carbonyl (C=O) groups excluding carboxylic acids is 1. The Balaban J connectivity index is 0.000000214. The fourth-order valence-corrected chi connectivity index (χ4v) is 5.83. The molecule has 1 heterocycles. The molecule has 5 aromatic rings. The van der Waals surface area contributed by atoms with Crippen molar-refractivity contribution < 1.29 is 42.2 Å². The van der Waals surface area contributed by atoms with Crippen LogP contribution >= 0.6 is 0 Å². The molecule has 51 heavy (non-hydrogen) atoms. The van der Waals surface area contributed by atoms with Gasteiger partial charge in [-0.2, -0.15) is 8.42 Å². The molecule has 4 aromatic carbocycles. The minimum Gasteiger partial charge on any atom is -0.507 e. The predicted octanol–water partition coefficient (Wildman–Crippen LogP) is 7.82. The average molecular weight is 720 g/mol. The number of methoxy groups -OCH3 is 2. The summed E-state index contributed by atoms with van der Waals surface area (Å²) in [4.78, 5) is 11.7. The molecular weight excluding hydrogens is 674 g/mol. The summed E-state index contributed by atoms with van der Waals surface area (Å²) in [5.41, 5.74) is 0.701. The molecular formula is C38H45N3O9S. The van der Waals surface area contributed by atoms with Crippen molar-refractivity contribution in [1.82, 2.24) is 15.4 Å². The quantitative estimate of drug-likeness (QED) is 0.0611. The maximum atomic E-state index is 12.3. The molecule has 0 saturated heterocycles. The summed E-state index contributed by atoms with van der Waals surface area (Å²) in [6.45, 7) is 6.54. The van der Waals surface area contributed by atoms with Gasteiger partial charge in [-0.3, -0.25) is 9.35 Å². The smallest absolute Gasteiger partial charge is 0.298 e. The number of hydrogen-bond donors (Lipinski definition) is 3. The van der Waals surface area contributed by atoms with Crippen LogP contribution in [0, 0.1) is 0 Å². The van der Waals surface area contributed by atoms with Crippen LogP contribution in [-0.4, -0.2) is 64.2 Å². The lowest BCUT2D eigenvalue weighted by Crippen LogP contribution is -2.34. The van der Waals surface area contributed by atoms with Gasteiger partial charge in [0.2, 0.25) is 5.88 Å². The van der Waals surface area contributed by atoms with Crippen molar-refractivity contribution in [3.05, 3.63) is 102 Å². The largest absolute Gasteiger partial charge is 0.507 e. The zero-order valence-corrected chi connectivity index (χ0v) is 30.3. The number of nitrogens with zero attached hydrogens (tertiary/aromatic N) is 3. The highest BCUT2D eigenvalue weighted by Crippen LogP contribution is 2.35. The molecule has 0 unspecified atom stereocenters. The number of aromatic hydroxyl groups is 2. The minimum absolute atomic E-state index is 0.131. The molecule has 13 heteroatoms. The molecule has 0 fully saturated rings. The van der Waals surface area contributed by atoms with Crippen LogP contribution in [0.3, 0.4) is 0 Å². The number of phenols is 2. The van der Waals surface area contributed by atoms with Crippen LogP contribution in [0.25, 0.3) is 10.9 Å². The van der Waals surface area contributed by atoms with Gasteiger partial charge in [-0.15, -0.1) is 5.10 Å². The Bertz CT molecular complexity index is 1960. The number of aromatic nitrogens is 3. The number of rotatable bonds is 13. The third-order valence-corrected chi connectivity index (χ3v) is 9.05. The molecule has 0 bridgehead atoms. The first-order chi connectivity index (χ1) is 24.4. The summed E-state index contributed by atoms with van der Waals surface area (Å²) < 4.78 is 47.7. The monoisotopic (exact) mass is 719 g/mol. The van der Waals surface area contributed by atoms with Crippen LogP contribution in [0.4, 0.5) is 0 Å². The van der Waals surface area contributed by atoms with Crippen molar-refractivity contribution in [2.24, 2.45) is 0 Å². The predicted molar refractivity (Wildman–Crippen MR) is 194 cm³/mol. The Kier molecular flexibility index (Phi) is 15.1. The fourth-order valence-electron chi connectivity index (χ4n) is 5.17. The van der Waals surface area contributed by atoms with Gasteiger partial charge in [-0.25, -0.2) is 0 Å². The second kappa shape index (κ2) is 19.2. The van der Waals surface area contributed by atoms with Gasteiger partial charge in [0.05, 0.1) is 25.2 Å². The van der Waals surface area contributed by atoms with Crippen LogP contribution in [0.1, 0.15) is 75.2 Å². The Morgan fingerprint density at radius 1 is 0.765 bits per heavy atom.